The van der Waals surface area contributed by atoms with Crippen molar-refractivity contribution in [3.63, 3.8) is 0 Å². The Balaban J connectivity index is 1.66. The summed E-state index contributed by atoms with van der Waals surface area (Å²) >= 11 is 0. The van der Waals surface area contributed by atoms with Crippen LogP contribution in [0.2, 0.25) is 0 Å². The van der Waals surface area contributed by atoms with Crippen molar-refractivity contribution in [3.8, 4) is 0 Å². The number of nitrogens with zero attached hydrogens (tertiary/aromatic N) is 4. The number of rotatable bonds is 4. The molecule has 1 fully saturated rings. The Labute approximate surface area is 121 Å². The number of non-ortho nitro benzene ring substituents is 1. The Hall–Kier alpha value is -2.41. The molecule has 1 aliphatic heterocycles. The van der Waals surface area contributed by atoms with Gasteiger partial charge in [-0.3, -0.25) is 14.8 Å². The molecule has 2 aromatic rings. The van der Waals surface area contributed by atoms with Crippen molar-refractivity contribution in [1.29, 1.82) is 0 Å². The molecule has 1 aromatic heterocycles. The molecule has 0 aliphatic carbocycles. The summed E-state index contributed by atoms with van der Waals surface area (Å²) in [7, 11) is 0. The monoisotopic (exact) mass is 288 g/mol. The maximum atomic E-state index is 10.7. The average molecular weight is 288 g/mol. The molecule has 0 amide bonds. The van der Waals surface area contributed by atoms with E-state index in [9.17, 15) is 10.1 Å². The number of nitro benzene ring substituents is 1. The van der Waals surface area contributed by atoms with Crippen LogP contribution in [0, 0.1) is 10.1 Å². The SMILES string of the molecule is O=[N+]([O-])c1ccc(N2CCOC(Cn3cccn3)C2)cc1. The van der Waals surface area contributed by atoms with Gasteiger partial charge in [-0.25, -0.2) is 0 Å². The summed E-state index contributed by atoms with van der Waals surface area (Å²) in [4.78, 5) is 12.5. The van der Waals surface area contributed by atoms with Crippen molar-refractivity contribution in [2.75, 3.05) is 24.6 Å². The Morgan fingerprint density at radius 3 is 2.86 bits per heavy atom. The number of morpholine rings is 1. The van der Waals surface area contributed by atoms with Crippen LogP contribution in [0.3, 0.4) is 0 Å². The van der Waals surface area contributed by atoms with Crippen LogP contribution in [0.1, 0.15) is 0 Å². The van der Waals surface area contributed by atoms with Gasteiger partial charge in [0.25, 0.3) is 5.69 Å². The van der Waals surface area contributed by atoms with E-state index < -0.39 is 0 Å². The second-order valence-corrected chi connectivity index (χ2v) is 4.94. The second-order valence-electron chi connectivity index (χ2n) is 4.94. The van der Waals surface area contributed by atoms with Gasteiger partial charge in [0.1, 0.15) is 0 Å². The molecule has 21 heavy (non-hydrogen) atoms. The minimum Gasteiger partial charge on any atom is -0.373 e. The maximum absolute atomic E-state index is 10.7. The summed E-state index contributed by atoms with van der Waals surface area (Å²) in [6.45, 7) is 2.88. The largest absolute Gasteiger partial charge is 0.373 e. The van der Waals surface area contributed by atoms with Crippen molar-refractivity contribution >= 4 is 11.4 Å². The highest BCUT2D eigenvalue weighted by Crippen LogP contribution is 2.21. The van der Waals surface area contributed by atoms with Crippen LogP contribution in [0.15, 0.2) is 42.7 Å². The minimum atomic E-state index is -0.385. The number of anilines is 1. The number of hydrogen-bond donors (Lipinski definition) is 0. The quantitative estimate of drug-likeness (QED) is 0.632. The smallest absolute Gasteiger partial charge is 0.269 e. The van der Waals surface area contributed by atoms with Gasteiger partial charge in [-0.2, -0.15) is 5.10 Å². The summed E-state index contributed by atoms with van der Waals surface area (Å²) < 4.78 is 7.61. The zero-order valence-electron chi connectivity index (χ0n) is 11.5. The van der Waals surface area contributed by atoms with Gasteiger partial charge in [-0.1, -0.05) is 0 Å². The van der Waals surface area contributed by atoms with E-state index in [0.717, 1.165) is 18.8 Å². The molecule has 0 bridgehead atoms. The van der Waals surface area contributed by atoms with Crippen LogP contribution < -0.4 is 4.90 Å². The summed E-state index contributed by atoms with van der Waals surface area (Å²) in [6.07, 6.45) is 3.72. The van der Waals surface area contributed by atoms with Crippen LogP contribution >= 0.6 is 0 Å². The van der Waals surface area contributed by atoms with Crippen LogP contribution in [0.5, 0.6) is 0 Å². The number of aromatic nitrogens is 2. The fourth-order valence-electron chi connectivity index (χ4n) is 2.47. The van der Waals surface area contributed by atoms with E-state index in [2.05, 4.69) is 10.00 Å². The first kappa shape index (κ1) is 13.6. The van der Waals surface area contributed by atoms with Crippen molar-refractivity contribution in [3.05, 3.63) is 52.8 Å². The molecule has 3 rings (SSSR count). The van der Waals surface area contributed by atoms with Crippen LogP contribution in [-0.2, 0) is 11.3 Å². The van der Waals surface area contributed by atoms with E-state index in [1.54, 1.807) is 18.3 Å². The molecular formula is C14H16N4O3. The molecule has 0 N–H and O–H groups in total. The van der Waals surface area contributed by atoms with Gasteiger partial charge in [-0.15, -0.1) is 0 Å². The molecule has 1 saturated heterocycles. The Morgan fingerprint density at radius 1 is 1.38 bits per heavy atom. The van der Waals surface area contributed by atoms with Crippen LogP contribution in [0.25, 0.3) is 0 Å². The second kappa shape index (κ2) is 5.92. The van der Waals surface area contributed by atoms with Gasteiger partial charge in [0.2, 0.25) is 0 Å². The van der Waals surface area contributed by atoms with E-state index in [-0.39, 0.29) is 16.7 Å². The summed E-state index contributed by atoms with van der Waals surface area (Å²) in [6, 6.07) is 8.53. The van der Waals surface area contributed by atoms with Crippen molar-refractivity contribution in [2.45, 2.75) is 12.6 Å². The molecule has 110 valence electrons. The highest BCUT2D eigenvalue weighted by Gasteiger charge is 2.21. The van der Waals surface area contributed by atoms with Gasteiger partial charge in [0.05, 0.1) is 24.2 Å². The number of hydrogen-bond acceptors (Lipinski definition) is 5. The zero-order chi connectivity index (χ0) is 14.7. The lowest BCUT2D eigenvalue weighted by molar-refractivity contribution is -0.384. The van der Waals surface area contributed by atoms with Gasteiger partial charge in [0, 0.05) is 43.3 Å². The molecule has 1 aliphatic rings. The van der Waals surface area contributed by atoms with Gasteiger partial charge < -0.3 is 9.64 Å². The molecule has 7 nitrogen and oxygen atoms in total. The van der Waals surface area contributed by atoms with Gasteiger partial charge >= 0.3 is 0 Å². The molecule has 0 spiro atoms. The third-order valence-electron chi connectivity index (χ3n) is 3.51. The topological polar surface area (TPSA) is 73.4 Å². The van der Waals surface area contributed by atoms with Crippen LogP contribution in [0.4, 0.5) is 11.4 Å². The van der Waals surface area contributed by atoms with E-state index in [1.807, 2.05) is 16.9 Å². The van der Waals surface area contributed by atoms with Crippen LogP contribution in [-0.4, -0.2) is 40.5 Å². The summed E-state index contributed by atoms with van der Waals surface area (Å²) in [5.41, 5.74) is 1.09. The van der Waals surface area contributed by atoms with Crippen molar-refractivity contribution < 1.29 is 9.66 Å². The fraction of sp³-hybridized carbons (Fsp3) is 0.357. The molecule has 1 atom stereocenters. The molecule has 1 unspecified atom stereocenters. The first-order valence-electron chi connectivity index (χ1n) is 6.81. The number of benzene rings is 1. The number of ether oxygens (including phenoxy) is 1. The lowest BCUT2D eigenvalue weighted by atomic mass is 10.2. The lowest BCUT2D eigenvalue weighted by Crippen LogP contribution is -2.44. The first-order chi connectivity index (χ1) is 10.2. The highest BCUT2D eigenvalue weighted by atomic mass is 16.6. The first-order valence-corrected chi connectivity index (χ1v) is 6.81. The lowest BCUT2D eigenvalue weighted by Gasteiger charge is -2.34. The van der Waals surface area contributed by atoms with E-state index >= 15 is 0 Å². The summed E-state index contributed by atoms with van der Waals surface area (Å²) in [5.74, 6) is 0. The Bertz CT molecular complexity index is 597. The van der Waals surface area contributed by atoms with Gasteiger partial charge in [-0.05, 0) is 18.2 Å². The summed E-state index contributed by atoms with van der Waals surface area (Å²) in [5, 5.41) is 14.9. The van der Waals surface area contributed by atoms with E-state index in [0.29, 0.717) is 13.2 Å². The molecule has 2 heterocycles. The zero-order valence-corrected chi connectivity index (χ0v) is 11.5. The minimum absolute atomic E-state index is 0.0637. The maximum Gasteiger partial charge on any atom is 0.269 e. The predicted molar refractivity (Wildman–Crippen MR) is 77.3 cm³/mol. The molecule has 0 radical (unpaired) electrons. The van der Waals surface area contributed by atoms with Crippen molar-refractivity contribution in [1.82, 2.24) is 9.78 Å². The fourth-order valence-corrected chi connectivity index (χ4v) is 2.47. The average Bonchev–Trinajstić information content (AvgIpc) is 3.00. The number of nitro groups is 1. The molecular weight excluding hydrogens is 272 g/mol. The molecule has 0 saturated carbocycles. The van der Waals surface area contributed by atoms with E-state index in [1.165, 1.54) is 12.1 Å². The van der Waals surface area contributed by atoms with Gasteiger partial charge in [0.15, 0.2) is 0 Å². The third kappa shape index (κ3) is 3.19. The predicted octanol–water partition coefficient (Wildman–Crippen LogP) is 1.70. The molecule has 7 heteroatoms. The third-order valence-corrected chi connectivity index (χ3v) is 3.51. The standard InChI is InChI=1S/C14H16N4O3/c19-18(20)13-4-2-12(3-5-13)16-8-9-21-14(10-16)11-17-7-1-6-15-17/h1-7,14H,8-11H2. The Morgan fingerprint density at radius 2 is 2.19 bits per heavy atom. The Kier molecular flexibility index (Phi) is 3.83. The molecule has 1 aromatic carbocycles. The highest BCUT2D eigenvalue weighted by molar-refractivity contribution is 5.51. The van der Waals surface area contributed by atoms with Crippen molar-refractivity contribution in [2.24, 2.45) is 0 Å². The normalized spacial score (nSPS) is 18.7. The van der Waals surface area contributed by atoms with E-state index in [4.69, 9.17) is 4.74 Å².